The van der Waals surface area contributed by atoms with Crippen molar-refractivity contribution in [1.82, 2.24) is 9.55 Å². The molecule has 0 aliphatic carbocycles. The smallest absolute Gasteiger partial charge is 0.197 e. The first kappa shape index (κ1) is 23.4. The van der Waals surface area contributed by atoms with Crippen molar-refractivity contribution in [3.8, 4) is 16.8 Å². The number of fused-ring (bicyclic) bond motifs is 10. The topological polar surface area (TPSA) is 20.7 Å². The van der Waals surface area contributed by atoms with Gasteiger partial charge in [0.25, 0.3) is 0 Å². The molecule has 2 nitrogen and oxygen atoms in total. The Morgan fingerprint density at radius 1 is 0.756 bits per heavy atom. The van der Waals surface area contributed by atoms with Gasteiger partial charge in [0.2, 0.25) is 0 Å². The first-order valence-electron chi connectivity index (χ1n) is 14.8. The molecule has 5 aromatic carbocycles. The molecule has 0 unspecified atom stereocenters. The summed E-state index contributed by atoms with van der Waals surface area (Å²) >= 11 is 1.86. The zero-order valence-corrected chi connectivity index (χ0v) is 23.8. The molecule has 1 aliphatic rings. The number of rotatable bonds is 5. The third kappa shape index (κ3) is 3.31. The highest BCUT2D eigenvalue weighted by molar-refractivity contribution is 7.25. The fourth-order valence-electron chi connectivity index (χ4n) is 7.18. The number of unbranched alkanes of at least 4 members (excludes halogenated alkanes) is 2. The molecule has 0 saturated carbocycles. The Bertz CT molecular complexity index is 2320. The van der Waals surface area contributed by atoms with Crippen molar-refractivity contribution in [1.29, 1.82) is 0 Å². The SMILES string of the molecule is CCCCCc1cc(-c2cccc3c2[nH]c2sc4ccccc4c23)c2c(c1)-n1c3ccccc3c3cccc(c31)[B]2. The number of nitrogens with one attached hydrogen (secondary N) is 1. The maximum Gasteiger partial charge on any atom is 0.197 e. The van der Waals surface area contributed by atoms with E-state index in [1.54, 1.807) is 0 Å². The molecule has 1 aliphatic heterocycles. The van der Waals surface area contributed by atoms with Crippen molar-refractivity contribution in [3.63, 3.8) is 0 Å². The Morgan fingerprint density at radius 2 is 1.56 bits per heavy atom. The second-order valence-corrected chi connectivity index (χ2v) is 12.5. The van der Waals surface area contributed by atoms with Gasteiger partial charge >= 0.3 is 0 Å². The predicted octanol–water partition coefficient (Wildman–Crippen LogP) is 9.00. The lowest BCUT2D eigenvalue weighted by Crippen LogP contribution is -2.37. The molecular formula is C37H28BN2S. The Morgan fingerprint density at radius 3 is 2.49 bits per heavy atom. The van der Waals surface area contributed by atoms with Gasteiger partial charge in [0.1, 0.15) is 4.83 Å². The van der Waals surface area contributed by atoms with Gasteiger partial charge in [0.05, 0.1) is 11.0 Å². The first-order valence-corrected chi connectivity index (χ1v) is 15.6. The van der Waals surface area contributed by atoms with Crippen molar-refractivity contribution in [2.24, 2.45) is 0 Å². The Labute approximate surface area is 243 Å². The standard InChI is InChI=1S/C37H28BN2S/c1-2-3-4-11-22-20-28(24-14-9-16-27-33-26-13-6-8-19-32(26)41-37(33)39-35(24)27)34-31(21-22)40-30-18-7-5-12-23(30)25-15-10-17-29(38-34)36(25)40/h5-10,12-21,39H,2-4,11H2,1H3. The van der Waals surface area contributed by atoms with Crippen LogP contribution in [0.1, 0.15) is 31.7 Å². The maximum absolute atomic E-state index is 3.87. The maximum atomic E-state index is 3.87. The number of hydrogen-bond acceptors (Lipinski definition) is 1. The fourth-order valence-corrected chi connectivity index (χ4v) is 8.30. The molecule has 8 aromatic rings. The van der Waals surface area contributed by atoms with Crippen LogP contribution in [0.15, 0.2) is 97.1 Å². The molecule has 1 N–H and O–H groups in total. The first-order chi connectivity index (χ1) is 20.3. The van der Waals surface area contributed by atoms with Gasteiger partial charge in [-0.2, -0.15) is 0 Å². The quantitative estimate of drug-likeness (QED) is 0.165. The minimum atomic E-state index is 1.10. The van der Waals surface area contributed by atoms with E-state index in [9.17, 15) is 0 Å². The van der Waals surface area contributed by atoms with Gasteiger partial charge in [-0.1, -0.05) is 104 Å². The van der Waals surface area contributed by atoms with E-state index in [1.807, 2.05) is 11.3 Å². The molecule has 4 heteroatoms. The second kappa shape index (κ2) is 8.86. The average molecular weight is 544 g/mol. The molecule has 9 rings (SSSR count). The molecular weight excluding hydrogens is 515 g/mol. The summed E-state index contributed by atoms with van der Waals surface area (Å²) in [5.74, 6) is 0. The van der Waals surface area contributed by atoms with Crippen LogP contribution in [0.25, 0.3) is 69.8 Å². The predicted molar refractivity (Wildman–Crippen MR) is 179 cm³/mol. The van der Waals surface area contributed by atoms with E-state index in [1.165, 1.54) is 106 Å². The molecule has 1 radical (unpaired) electrons. The molecule has 0 atom stereocenters. The molecule has 0 amide bonds. The van der Waals surface area contributed by atoms with Gasteiger partial charge in [-0.05, 0) is 47.6 Å². The van der Waals surface area contributed by atoms with E-state index in [0.29, 0.717) is 0 Å². The van der Waals surface area contributed by atoms with Crippen LogP contribution in [0.5, 0.6) is 0 Å². The lowest BCUT2D eigenvalue weighted by molar-refractivity contribution is 0.717. The number of para-hydroxylation sites is 3. The van der Waals surface area contributed by atoms with Crippen LogP contribution in [-0.2, 0) is 6.42 Å². The lowest BCUT2D eigenvalue weighted by Gasteiger charge is -2.25. The zero-order valence-electron chi connectivity index (χ0n) is 23.0. The second-order valence-electron chi connectivity index (χ2n) is 11.4. The van der Waals surface area contributed by atoms with Gasteiger partial charge in [0, 0.05) is 48.4 Å². The lowest BCUT2D eigenvalue weighted by atomic mass is 9.59. The summed E-state index contributed by atoms with van der Waals surface area (Å²) in [6, 6.07) is 36.2. The molecule has 195 valence electrons. The fraction of sp³-hybridized carbons (Fsp3) is 0.135. The van der Waals surface area contributed by atoms with Gasteiger partial charge < -0.3 is 9.55 Å². The number of nitrogens with zero attached hydrogens (tertiary/aromatic N) is 1. The van der Waals surface area contributed by atoms with Gasteiger partial charge in [0.15, 0.2) is 7.28 Å². The van der Waals surface area contributed by atoms with Crippen molar-refractivity contribution in [2.45, 2.75) is 32.6 Å². The van der Waals surface area contributed by atoms with Gasteiger partial charge in [-0.25, -0.2) is 0 Å². The molecule has 0 fully saturated rings. The van der Waals surface area contributed by atoms with Crippen LogP contribution in [0.2, 0.25) is 0 Å². The number of benzene rings is 5. The average Bonchev–Trinajstić information content (AvgIpc) is 3.67. The highest BCUT2D eigenvalue weighted by Gasteiger charge is 2.26. The Hall–Kier alpha value is -4.28. The van der Waals surface area contributed by atoms with Crippen LogP contribution in [0, 0.1) is 0 Å². The van der Waals surface area contributed by atoms with Crippen LogP contribution >= 0.6 is 11.3 Å². The highest BCUT2D eigenvalue weighted by Crippen LogP contribution is 2.42. The molecule has 4 heterocycles. The zero-order chi connectivity index (χ0) is 27.1. The van der Waals surface area contributed by atoms with E-state index < -0.39 is 0 Å². The Kier molecular flexibility index (Phi) is 5.06. The summed E-state index contributed by atoms with van der Waals surface area (Å²) in [5, 5.41) is 6.65. The minimum absolute atomic E-state index is 1.10. The minimum Gasteiger partial charge on any atom is -0.346 e. The van der Waals surface area contributed by atoms with E-state index in [4.69, 9.17) is 0 Å². The largest absolute Gasteiger partial charge is 0.346 e. The number of H-pyrrole nitrogens is 1. The summed E-state index contributed by atoms with van der Waals surface area (Å²) < 4.78 is 3.87. The van der Waals surface area contributed by atoms with E-state index in [0.717, 1.165) is 6.42 Å². The summed E-state index contributed by atoms with van der Waals surface area (Å²) in [7, 11) is 2.43. The summed E-state index contributed by atoms with van der Waals surface area (Å²) in [5.41, 5.74) is 11.8. The van der Waals surface area contributed by atoms with E-state index in [-0.39, 0.29) is 0 Å². The number of aromatic nitrogens is 2. The van der Waals surface area contributed by atoms with E-state index >= 15 is 0 Å². The Balaban J connectivity index is 1.36. The van der Waals surface area contributed by atoms with Crippen molar-refractivity contribution in [3.05, 3.63) is 103 Å². The van der Waals surface area contributed by atoms with Crippen LogP contribution in [0.3, 0.4) is 0 Å². The summed E-state index contributed by atoms with van der Waals surface area (Å²) in [6.45, 7) is 2.29. The molecule has 0 saturated heterocycles. The van der Waals surface area contributed by atoms with Crippen LogP contribution in [-0.4, -0.2) is 16.8 Å². The van der Waals surface area contributed by atoms with E-state index in [2.05, 4.69) is 121 Å². The summed E-state index contributed by atoms with van der Waals surface area (Å²) in [4.78, 5) is 5.13. The van der Waals surface area contributed by atoms with Gasteiger partial charge in [-0.15, -0.1) is 11.3 Å². The van der Waals surface area contributed by atoms with Crippen LogP contribution in [0.4, 0.5) is 0 Å². The van der Waals surface area contributed by atoms with Crippen molar-refractivity contribution in [2.75, 3.05) is 0 Å². The molecule has 0 bridgehead atoms. The van der Waals surface area contributed by atoms with Crippen molar-refractivity contribution < 1.29 is 0 Å². The third-order valence-electron chi connectivity index (χ3n) is 9.01. The molecule has 3 aromatic heterocycles. The number of aromatic amines is 1. The monoisotopic (exact) mass is 543 g/mol. The number of thiophene rings is 1. The van der Waals surface area contributed by atoms with Gasteiger partial charge in [-0.3, -0.25) is 0 Å². The van der Waals surface area contributed by atoms with Crippen molar-refractivity contribution >= 4 is 82.6 Å². The third-order valence-corrected chi connectivity index (χ3v) is 10.1. The van der Waals surface area contributed by atoms with Crippen LogP contribution < -0.4 is 10.9 Å². The number of aryl methyl sites for hydroxylation is 1. The number of hydrogen-bond donors (Lipinski definition) is 1. The molecule has 0 spiro atoms. The normalized spacial score (nSPS) is 12.6. The molecule has 41 heavy (non-hydrogen) atoms. The summed E-state index contributed by atoms with van der Waals surface area (Å²) in [6.07, 6.45) is 4.80. The highest BCUT2D eigenvalue weighted by atomic mass is 32.1.